The summed E-state index contributed by atoms with van der Waals surface area (Å²) in [6, 6.07) is 26.6. The third-order valence-corrected chi connectivity index (χ3v) is 6.60. The van der Waals surface area contributed by atoms with Crippen molar-refractivity contribution >= 4 is 0 Å². The van der Waals surface area contributed by atoms with Crippen LogP contribution >= 0.6 is 0 Å². The van der Waals surface area contributed by atoms with E-state index < -0.39 is 0 Å². The summed E-state index contributed by atoms with van der Waals surface area (Å²) >= 11 is 0. The first-order chi connectivity index (χ1) is 16.9. The Morgan fingerprint density at radius 2 is 1.63 bits per heavy atom. The second-order valence-electron chi connectivity index (χ2n) is 10.6. The highest BCUT2D eigenvalue weighted by molar-refractivity contribution is 5.57. The molecule has 0 N–H and O–H groups in total. The molecule has 180 valence electrons. The number of benzene rings is 3. The van der Waals surface area contributed by atoms with Crippen LogP contribution in [0.1, 0.15) is 55.9 Å². The Morgan fingerprint density at radius 3 is 2.34 bits per heavy atom. The van der Waals surface area contributed by atoms with Crippen molar-refractivity contribution in [2.24, 2.45) is 0 Å². The molecule has 0 atom stereocenters. The van der Waals surface area contributed by atoms with Crippen molar-refractivity contribution in [3.63, 3.8) is 0 Å². The van der Waals surface area contributed by atoms with E-state index in [1.165, 1.54) is 35.9 Å². The molecular formula is C31H34N2O2. The van der Waals surface area contributed by atoms with Crippen molar-refractivity contribution in [1.82, 2.24) is 9.88 Å². The van der Waals surface area contributed by atoms with Crippen LogP contribution in [0.3, 0.4) is 0 Å². The summed E-state index contributed by atoms with van der Waals surface area (Å²) in [5.74, 6) is 1.67. The average molecular weight is 467 g/mol. The van der Waals surface area contributed by atoms with E-state index in [-0.39, 0.29) is 5.41 Å². The maximum Gasteiger partial charge on any atom is 0.181 e. The molecule has 1 fully saturated rings. The van der Waals surface area contributed by atoms with E-state index in [1.54, 1.807) is 6.20 Å². The normalized spacial score (nSPS) is 13.8. The van der Waals surface area contributed by atoms with Gasteiger partial charge in [0, 0.05) is 24.7 Å². The first kappa shape index (κ1) is 23.4. The second kappa shape index (κ2) is 10.1. The molecule has 0 aliphatic heterocycles. The van der Waals surface area contributed by atoms with Crippen molar-refractivity contribution < 1.29 is 9.15 Å². The van der Waals surface area contributed by atoms with Gasteiger partial charge < -0.3 is 9.15 Å². The molecule has 1 heterocycles. The van der Waals surface area contributed by atoms with Crippen LogP contribution in [0.2, 0.25) is 0 Å². The van der Waals surface area contributed by atoms with Gasteiger partial charge in [0.1, 0.15) is 12.4 Å². The van der Waals surface area contributed by atoms with E-state index in [4.69, 9.17) is 9.15 Å². The largest absolute Gasteiger partial charge is 0.489 e. The Morgan fingerprint density at radius 1 is 0.886 bits per heavy atom. The zero-order valence-electron chi connectivity index (χ0n) is 20.9. The lowest BCUT2D eigenvalue weighted by Crippen LogP contribution is -2.25. The minimum Gasteiger partial charge on any atom is -0.489 e. The number of hydrogen-bond acceptors (Lipinski definition) is 4. The zero-order chi connectivity index (χ0) is 24.3. The van der Waals surface area contributed by atoms with Crippen LogP contribution in [0.15, 0.2) is 89.8 Å². The average Bonchev–Trinajstić information content (AvgIpc) is 3.56. The summed E-state index contributed by atoms with van der Waals surface area (Å²) in [5, 5.41) is 0. The van der Waals surface area contributed by atoms with Crippen molar-refractivity contribution in [3.8, 4) is 17.1 Å². The van der Waals surface area contributed by atoms with Gasteiger partial charge in [-0.25, -0.2) is 4.98 Å². The lowest BCUT2D eigenvalue weighted by Gasteiger charge is -2.24. The van der Waals surface area contributed by atoms with E-state index >= 15 is 0 Å². The van der Waals surface area contributed by atoms with Crippen LogP contribution in [0.25, 0.3) is 11.3 Å². The maximum absolute atomic E-state index is 6.16. The van der Waals surface area contributed by atoms with E-state index in [0.29, 0.717) is 12.6 Å². The third kappa shape index (κ3) is 6.20. The lowest BCUT2D eigenvalue weighted by molar-refractivity contribution is 0.245. The molecule has 0 bridgehead atoms. The number of ether oxygens (including phenoxy) is 1. The van der Waals surface area contributed by atoms with E-state index in [1.807, 2.05) is 18.2 Å². The number of aromatic nitrogens is 1. The molecule has 1 aromatic heterocycles. The fourth-order valence-corrected chi connectivity index (χ4v) is 4.41. The summed E-state index contributed by atoms with van der Waals surface area (Å²) in [6.07, 6.45) is 5.76. The summed E-state index contributed by atoms with van der Waals surface area (Å²) < 4.78 is 11.6. The van der Waals surface area contributed by atoms with Crippen molar-refractivity contribution in [1.29, 1.82) is 0 Å². The first-order valence-electron chi connectivity index (χ1n) is 12.5. The van der Waals surface area contributed by atoms with Crippen LogP contribution in [-0.2, 0) is 25.1 Å². The van der Waals surface area contributed by atoms with E-state index in [9.17, 15) is 0 Å². The van der Waals surface area contributed by atoms with Crippen LogP contribution in [-0.4, -0.2) is 15.9 Å². The SMILES string of the molecule is CC(C)(C)c1ccc(CN(Cc2cccc(OCc3cccc(-c4cnco4)c3)c2)C2CC2)cc1. The Hall–Kier alpha value is -3.37. The maximum atomic E-state index is 6.16. The molecule has 0 radical (unpaired) electrons. The van der Waals surface area contributed by atoms with Crippen molar-refractivity contribution in [3.05, 3.63) is 108 Å². The molecule has 3 aromatic carbocycles. The molecule has 4 nitrogen and oxygen atoms in total. The van der Waals surface area contributed by atoms with Crippen LogP contribution < -0.4 is 4.74 Å². The molecule has 5 rings (SSSR count). The van der Waals surface area contributed by atoms with Crippen LogP contribution in [0.5, 0.6) is 5.75 Å². The minimum atomic E-state index is 0.187. The Bertz CT molecular complexity index is 1240. The second-order valence-corrected chi connectivity index (χ2v) is 10.6. The highest BCUT2D eigenvalue weighted by Gasteiger charge is 2.29. The summed E-state index contributed by atoms with van der Waals surface area (Å²) in [6.45, 7) is 9.22. The fourth-order valence-electron chi connectivity index (χ4n) is 4.41. The van der Waals surface area contributed by atoms with Gasteiger partial charge in [-0.05, 0) is 58.7 Å². The molecule has 35 heavy (non-hydrogen) atoms. The van der Waals surface area contributed by atoms with Gasteiger partial charge in [0.05, 0.1) is 6.20 Å². The van der Waals surface area contributed by atoms with E-state index in [0.717, 1.165) is 35.7 Å². The smallest absolute Gasteiger partial charge is 0.181 e. The molecule has 4 aromatic rings. The Balaban J connectivity index is 1.22. The van der Waals surface area contributed by atoms with Gasteiger partial charge >= 0.3 is 0 Å². The number of oxazole rings is 1. The van der Waals surface area contributed by atoms with Gasteiger partial charge in [0.15, 0.2) is 12.2 Å². The van der Waals surface area contributed by atoms with Crippen LogP contribution in [0.4, 0.5) is 0 Å². The monoisotopic (exact) mass is 466 g/mol. The number of rotatable bonds is 9. The van der Waals surface area contributed by atoms with Gasteiger partial charge in [-0.1, -0.05) is 75.4 Å². The highest BCUT2D eigenvalue weighted by Crippen LogP contribution is 2.31. The summed E-state index contributed by atoms with van der Waals surface area (Å²) in [4.78, 5) is 6.61. The zero-order valence-corrected chi connectivity index (χ0v) is 20.9. The van der Waals surface area contributed by atoms with Gasteiger partial charge in [-0.3, -0.25) is 4.90 Å². The first-order valence-corrected chi connectivity index (χ1v) is 12.5. The highest BCUT2D eigenvalue weighted by atomic mass is 16.5. The van der Waals surface area contributed by atoms with Gasteiger partial charge in [0.25, 0.3) is 0 Å². The van der Waals surface area contributed by atoms with Gasteiger partial charge in [-0.15, -0.1) is 0 Å². The van der Waals surface area contributed by atoms with Crippen molar-refractivity contribution in [2.45, 2.75) is 64.8 Å². The summed E-state index contributed by atoms with van der Waals surface area (Å²) in [7, 11) is 0. The van der Waals surface area contributed by atoms with Crippen LogP contribution in [0, 0.1) is 0 Å². The molecule has 0 spiro atoms. The topological polar surface area (TPSA) is 38.5 Å². The Labute approximate surface area is 208 Å². The van der Waals surface area contributed by atoms with Crippen molar-refractivity contribution in [2.75, 3.05) is 0 Å². The molecule has 1 saturated carbocycles. The predicted molar refractivity (Wildman–Crippen MR) is 140 cm³/mol. The fraction of sp³-hybridized carbons (Fsp3) is 0.323. The Kier molecular flexibility index (Phi) is 6.74. The molecule has 1 aliphatic rings. The lowest BCUT2D eigenvalue weighted by atomic mass is 9.87. The number of nitrogens with zero attached hydrogens (tertiary/aromatic N) is 2. The minimum absolute atomic E-state index is 0.187. The third-order valence-electron chi connectivity index (χ3n) is 6.60. The molecule has 0 amide bonds. The molecule has 0 unspecified atom stereocenters. The molecule has 1 aliphatic carbocycles. The predicted octanol–water partition coefficient (Wildman–Crippen LogP) is 7.38. The molecule has 4 heteroatoms. The standard InChI is InChI=1S/C31H34N2O2/c1-31(2,3)27-12-10-23(11-13-27)19-33(28-14-15-28)20-24-6-5-9-29(17-24)34-21-25-7-4-8-26(16-25)30-18-32-22-35-30/h4-13,16-18,22,28H,14-15,19-21H2,1-3H3. The van der Waals surface area contributed by atoms with Gasteiger partial charge in [-0.2, -0.15) is 0 Å². The number of hydrogen-bond donors (Lipinski definition) is 0. The molecule has 0 saturated heterocycles. The summed E-state index contributed by atoms with van der Waals surface area (Å²) in [5.41, 5.74) is 6.35. The van der Waals surface area contributed by atoms with E-state index in [2.05, 4.69) is 85.3 Å². The van der Waals surface area contributed by atoms with Gasteiger partial charge in [0.2, 0.25) is 0 Å². The molecular weight excluding hydrogens is 432 g/mol. The quantitative estimate of drug-likeness (QED) is 0.258.